The lowest BCUT2D eigenvalue weighted by Crippen LogP contribution is -2.41. The highest BCUT2D eigenvalue weighted by Crippen LogP contribution is 2.42. The average Bonchev–Trinajstić information content (AvgIpc) is 3.28. The smallest absolute Gasteiger partial charge is 0.274 e. The molecule has 3 aliphatic rings. The number of carbonyl (C=O) groups excluding carboxylic acids is 1. The summed E-state index contributed by atoms with van der Waals surface area (Å²) in [5, 5.41) is 4.86. The van der Waals surface area contributed by atoms with Crippen molar-refractivity contribution >= 4 is 21.4 Å². The first-order chi connectivity index (χ1) is 17.0. The van der Waals surface area contributed by atoms with Gasteiger partial charge in [0.25, 0.3) is 5.91 Å². The number of hydrogen-bond acceptors (Lipinski definition) is 7. The van der Waals surface area contributed by atoms with Crippen LogP contribution in [0.5, 0.6) is 0 Å². The zero-order chi connectivity index (χ0) is 24.0. The van der Waals surface area contributed by atoms with Crippen LogP contribution >= 0.6 is 0 Å². The van der Waals surface area contributed by atoms with E-state index in [1.807, 2.05) is 28.9 Å². The van der Waals surface area contributed by atoms with Gasteiger partial charge in [0.2, 0.25) is 0 Å². The number of amides is 1. The lowest BCUT2D eigenvalue weighted by Gasteiger charge is -2.35. The summed E-state index contributed by atoms with van der Waals surface area (Å²) < 4.78 is 33.8. The maximum Gasteiger partial charge on any atom is 0.274 e. The van der Waals surface area contributed by atoms with Crippen molar-refractivity contribution in [2.75, 3.05) is 44.3 Å². The minimum atomic E-state index is -3.58. The number of fused-ring (bicyclic) bond motifs is 3. The summed E-state index contributed by atoms with van der Waals surface area (Å²) >= 11 is 0. The zero-order valence-corrected chi connectivity index (χ0v) is 20.2. The van der Waals surface area contributed by atoms with E-state index in [9.17, 15) is 13.2 Å². The molecule has 10 heteroatoms. The lowest BCUT2D eigenvalue weighted by atomic mass is 10.0. The van der Waals surface area contributed by atoms with E-state index < -0.39 is 9.84 Å². The van der Waals surface area contributed by atoms with Crippen molar-refractivity contribution < 1.29 is 17.9 Å². The first-order valence-electron chi connectivity index (χ1n) is 12.0. The molecule has 3 aromatic rings. The molecular formula is C25H27N5O4S. The van der Waals surface area contributed by atoms with Gasteiger partial charge in [-0.2, -0.15) is 5.10 Å². The summed E-state index contributed by atoms with van der Waals surface area (Å²) in [6.45, 7) is 3.54. The van der Waals surface area contributed by atoms with Crippen LogP contribution in [0.2, 0.25) is 0 Å². The van der Waals surface area contributed by atoms with Gasteiger partial charge in [-0.15, -0.1) is 0 Å². The van der Waals surface area contributed by atoms with Crippen LogP contribution in [0.4, 0.5) is 5.69 Å². The van der Waals surface area contributed by atoms with E-state index in [0.717, 1.165) is 37.3 Å². The van der Waals surface area contributed by atoms with E-state index in [0.29, 0.717) is 42.3 Å². The number of anilines is 1. The highest BCUT2D eigenvalue weighted by molar-refractivity contribution is 7.90. The SMILES string of the molecule is O=C(c1nn([C@H]2CCCN(c3ccncc3)C2)c2c1CS(=O)(=O)c1ccccc1-2)N1CCOCC1. The molecule has 35 heavy (non-hydrogen) atoms. The number of ether oxygens (including phenoxy) is 1. The molecule has 9 nitrogen and oxygen atoms in total. The molecule has 0 saturated carbocycles. The Kier molecular flexibility index (Phi) is 5.57. The number of carbonyl (C=O) groups is 1. The Morgan fingerprint density at radius 2 is 1.80 bits per heavy atom. The van der Waals surface area contributed by atoms with Crippen LogP contribution in [0.3, 0.4) is 0 Å². The number of pyridine rings is 1. The maximum absolute atomic E-state index is 13.6. The van der Waals surface area contributed by atoms with E-state index >= 15 is 0 Å². The first kappa shape index (κ1) is 22.2. The molecule has 0 aliphatic carbocycles. The highest BCUT2D eigenvalue weighted by atomic mass is 32.2. The van der Waals surface area contributed by atoms with Crippen molar-refractivity contribution in [3.8, 4) is 11.3 Å². The summed E-state index contributed by atoms with van der Waals surface area (Å²) in [4.78, 5) is 22.0. The fourth-order valence-corrected chi connectivity index (χ4v) is 6.98. The van der Waals surface area contributed by atoms with Crippen molar-refractivity contribution in [2.45, 2.75) is 29.5 Å². The van der Waals surface area contributed by atoms with Gasteiger partial charge in [-0.1, -0.05) is 18.2 Å². The van der Waals surface area contributed by atoms with E-state index in [-0.39, 0.29) is 23.4 Å². The number of sulfone groups is 1. The summed E-state index contributed by atoms with van der Waals surface area (Å²) in [6.07, 6.45) is 5.44. The molecule has 2 aromatic heterocycles. The first-order valence-corrected chi connectivity index (χ1v) is 13.6. The van der Waals surface area contributed by atoms with Crippen LogP contribution in [-0.4, -0.2) is 73.4 Å². The summed E-state index contributed by atoms with van der Waals surface area (Å²) in [7, 11) is -3.58. The summed E-state index contributed by atoms with van der Waals surface area (Å²) in [5.41, 5.74) is 3.25. The largest absolute Gasteiger partial charge is 0.378 e. The fourth-order valence-electron chi connectivity index (χ4n) is 5.39. The molecule has 2 fully saturated rings. The van der Waals surface area contributed by atoms with E-state index in [1.165, 1.54) is 0 Å². The van der Waals surface area contributed by atoms with Crippen LogP contribution in [0.25, 0.3) is 11.3 Å². The molecule has 0 bridgehead atoms. The number of rotatable bonds is 3. The van der Waals surface area contributed by atoms with E-state index in [4.69, 9.17) is 9.84 Å². The monoisotopic (exact) mass is 493 g/mol. The van der Waals surface area contributed by atoms with Gasteiger partial charge in [0.05, 0.1) is 35.6 Å². The van der Waals surface area contributed by atoms with Crippen molar-refractivity contribution in [1.82, 2.24) is 19.7 Å². The van der Waals surface area contributed by atoms with Gasteiger partial charge < -0.3 is 14.5 Å². The average molecular weight is 494 g/mol. The molecule has 3 aliphatic heterocycles. The molecule has 1 amide bonds. The normalized spacial score (nSPS) is 21.3. The minimum absolute atomic E-state index is 0.00534. The predicted molar refractivity (Wildman–Crippen MR) is 130 cm³/mol. The van der Waals surface area contributed by atoms with Crippen LogP contribution in [0.1, 0.15) is 34.9 Å². The third-order valence-electron chi connectivity index (χ3n) is 7.09. The maximum atomic E-state index is 13.6. The molecule has 2 saturated heterocycles. The Bertz CT molecular complexity index is 1370. The number of aromatic nitrogens is 3. The van der Waals surface area contributed by atoms with Crippen molar-refractivity contribution in [3.05, 3.63) is 60.0 Å². The number of piperidine rings is 1. The van der Waals surface area contributed by atoms with Crippen molar-refractivity contribution in [2.24, 2.45) is 0 Å². The Labute approximate surface area is 204 Å². The Balaban J connectivity index is 1.47. The Morgan fingerprint density at radius 3 is 2.60 bits per heavy atom. The topological polar surface area (TPSA) is 97.6 Å². The second-order valence-corrected chi connectivity index (χ2v) is 11.2. The second-order valence-electron chi connectivity index (χ2n) is 9.23. The van der Waals surface area contributed by atoms with Gasteiger partial charge in [-0.25, -0.2) is 8.42 Å². The van der Waals surface area contributed by atoms with Crippen molar-refractivity contribution in [1.29, 1.82) is 0 Å². The van der Waals surface area contributed by atoms with Gasteiger partial charge in [-0.05, 0) is 31.0 Å². The van der Waals surface area contributed by atoms with Gasteiger partial charge in [0.1, 0.15) is 0 Å². The number of morpholine rings is 1. The molecular weight excluding hydrogens is 466 g/mol. The lowest BCUT2D eigenvalue weighted by molar-refractivity contribution is 0.0297. The van der Waals surface area contributed by atoms with Crippen LogP contribution in [0.15, 0.2) is 53.7 Å². The fraction of sp³-hybridized carbons (Fsp3) is 0.400. The predicted octanol–water partition coefficient (Wildman–Crippen LogP) is 2.55. The van der Waals surface area contributed by atoms with Gasteiger partial charge in [0.15, 0.2) is 15.5 Å². The molecule has 182 valence electrons. The third kappa shape index (κ3) is 3.90. The van der Waals surface area contributed by atoms with Gasteiger partial charge >= 0.3 is 0 Å². The molecule has 0 spiro atoms. The van der Waals surface area contributed by atoms with Crippen molar-refractivity contribution in [3.63, 3.8) is 0 Å². The van der Waals surface area contributed by atoms with E-state index in [1.54, 1.807) is 29.4 Å². The standard InChI is InChI=1S/C25H27N5O4S/c31-25(28-12-14-34-15-13-28)23-21-17-35(32,33)22-6-2-1-5-20(22)24(21)30(27-23)19-4-3-11-29(16-19)18-7-9-26-10-8-18/h1-2,5-10,19H,3-4,11-17H2/t19-/m0/s1. The van der Waals surface area contributed by atoms with Gasteiger partial charge in [-0.3, -0.25) is 14.5 Å². The molecule has 0 unspecified atom stereocenters. The second kappa shape index (κ2) is 8.76. The van der Waals surface area contributed by atoms with E-state index in [2.05, 4.69) is 9.88 Å². The number of hydrogen-bond donors (Lipinski definition) is 0. The minimum Gasteiger partial charge on any atom is -0.378 e. The van der Waals surface area contributed by atoms with Crippen LogP contribution in [0, 0.1) is 0 Å². The molecule has 0 N–H and O–H groups in total. The molecule has 1 atom stereocenters. The summed E-state index contributed by atoms with van der Waals surface area (Å²) in [5.74, 6) is -0.439. The molecule has 0 radical (unpaired) electrons. The molecule has 5 heterocycles. The van der Waals surface area contributed by atoms with Gasteiger partial charge in [0, 0.05) is 55.4 Å². The molecule has 6 rings (SSSR count). The number of benzene rings is 1. The quantitative estimate of drug-likeness (QED) is 0.553. The zero-order valence-electron chi connectivity index (χ0n) is 19.3. The summed E-state index contributed by atoms with van der Waals surface area (Å²) in [6, 6.07) is 11.1. The number of nitrogens with zero attached hydrogens (tertiary/aromatic N) is 5. The highest BCUT2D eigenvalue weighted by Gasteiger charge is 2.38. The Morgan fingerprint density at radius 1 is 1.03 bits per heavy atom. The Hall–Kier alpha value is -3.24. The van der Waals surface area contributed by atoms with Crippen LogP contribution in [-0.2, 0) is 20.3 Å². The van der Waals surface area contributed by atoms with Crippen LogP contribution < -0.4 is 4.90 Å². The molecule has 1 aromatic carbocycles. The third-order valence-corrected chi connectivity index (χ3v) is 8.79.